The first-order chi connectivity index (χ1) is 15.7. The number of anilines is 2. The lowest BCUT2D eigenvalue weighted by Gasteiger charge is -2.27. The normalized spacial score (nSPS) is 13.8. The Morgan fingerprint density at radius 3 is 2.72 bits per heavy atom. The van der Waals surface area contributed by atoms with Gasteiger partial charge in [-0.1, -0.05) is 24.3 Å². The van der Waals surface area contributed by atoms with Gasteiger partial charge < -0.3 is 9.62 Å². The summed E-state index contributed by atoms with van der Waals surface area (Å²) >= 11 is 1.58. The Hall–Kier alpha value is -3.42. The van der Waals surface area contributed by atoms with Crippen molar-refractivity contribution in [2.75, 3.05) is 22.7 Å². The van der Waals surface area contributed by atoms with Crippen LogP contribution in [-0.2, 0) is 0 Å². The molecule has 0 unspecified atom stereocenters. The van der Waals surface area contributed by atoms with Gasteiger partial charge >= 0.3 is 0 Å². The van der Waals surface area contributed by atoms with Gasteiger partial charge in [0, 0.05) is 59.3 Å². The average Bonchev–Trinajstić information content (AvgIpc) is 2.85. The lowest BCUT2D eigenvalue weighted by Crippen LogP contribution is -2.29. The van der Waals surface area contributed by atoms with E-state index in [1.165, 1.54) is 6.07 Å². The highest BCUT2D eigenvalue weighted by atomic mass is 32.2. The van der Waals surface area contributed by atoms with Crippen LogP contribution in [0.25, 0.3) is 22.0 Å². The van der Waals surface area contributed by atoms with Gasteiger partial charge in [0.2, 0.25) is 0 Å². The first kappa shape index (κ1) is 20.5. The summed E-state index contributed by atoms with van der Waals surface area (Å²) < 4.78 is 20.1. The van der Waals surface area contributed by atoms with Crippen LogP contribution in [0.5, 0.6) is 0 Å². The Morgan fingerprint density at radius 2 is 1.91 bits per heavy atom. The second-order valence-electron chi connectivity index (χ2n) is 7.52. The number of pyridine rings is 1. The van der Waals surface area contributed by atoms with Crippen LogP contribution in [0.3, 0.4) is 0 Å². The summed E-state index contributed by atoms with van der Waals surface area (Å²) in [5.74, 6) is -0.631. The molecule has 160 valence electrons. The highest BCUT2D eigenvalue weighted by molar-refractivity contribution is 7.98. The summed E-state index contributed by atoms with van der Waals surface area (Å²) in [4.78, 5) is 17.2. The van der Waals surface area contributed by atoms with Crippen molar-refractivity contribution in [2.45, 2.75) is 6.42 Å². The highest BCUT2D eigenvalue weighted by Gasteiger charge is 2.15. The van der Waals surface area contributed by atoms with Crippen molar-refractivity contribution in [3.63, 3.8) is 0 Å². The van der Waals surface area contributed by atoms with Crippen molar-refractivity contribution < 1.29 is 9.18 Å². The molecule has 1 fully saturated rings. The smallest absolute Gasteiger partial charge is 0.255 e. The van der Waals surface area contributed by atoms with Gasteiger partial charge in [-0.2, -0.15) is 0 Å². The third-order valence-corrected chi connectivity index (χ3v) is 6.33. The van der Waals surface area contributed by atoms with Crippen LogP contribution in [0, 0.1) is 5.82 Å². The number of hydrogen-bond acceptors (Lipinski definition) is 5. The minimum Gasteiger partial charge on any atom is -0.322 e. The molecule has 1 aliphatic heterocycles. The second kappa shape index (κ2) is 8.98. The number of benzene rings is 3. The van der Waals surface area contributed by atoms with Crippen LogP contribution < -0.4 is 14.3 Å². The van der Waals surface area contributed by atoms with Gasteiger partial charge in [-0.05, 0) is 60.3 Å². The number of carbonyl (C=O) groups excluding carboxylic acids is 1. The van der Waals surface area contributed by atoms with Gasteiger partial charge in [0.1, 0.15) is 5.82 Å². The molecule has 2 N–H and O–H groups in total. The fourth-order valence-electron chi connectivity index (χ4n) is 3.75. The lowest BCUT2D eigenvalue weighted by molar-refractivity contribution is 0.102. The Bertz CT molecular complexity index is 1270. The molecule has 32 heavy (non-hydrogen) atoms. The zero-order valence-electron chi connectivity index (χ0n) is 17.2. The standard InChI is InChI=1S/C25H21FN4OS/c26-23-11-8-19(16-22(23)24-21-5-2-1-4-17(21)12-14-27-24)29-25(31)18-6-9-20(10-7-18)30-15-3-13-28-32-30/h1-2,4-12,14,16,28H,3,13,15H2,(H,29,31). The molecule has 0 spiro atoms. The van der Waals surface area contributed by atoms with E-state index in [1.807, 2.05) is 42.5 Å². The van der Waals surface area contributed by atoms with Gasteiger partial charge in [-0.25, -0.2) is 9.11 Å². The number of rotatable bonds is 4. The summed E-state index contributed by atoms with van der Waals surface area (Å²) in [6.45, 7) is 1.96. The van der Waals surface area contributed by atoms with E-state index >= 15 is 0 Å². The van der Waals surface area contributed by atoms with E-state index in [4.69, 9.17) is 0 Å². The zero-order chi connectivity index (χ0) is 21.9. The largest absolute Gasteiger partial charge is 0.322 e. The molecule has 5 rings (SSSR count). The number of nitrogens with zero attached hydrogens (tertiary/aromatic N) is 2. The third kappa shape index (κ3) is 4.17. The topological polar surface area (TPSA) is 57.3 Å². The molecule has 0 aliphatic carbocycles. The van der Waals surface area contributed by atoms with E-state index in [-0.39, 0.29) is 11.7 Å². The zero-order valence-corrected chi connectivity index (χ0v) is 18.0. The van der Waals surface area contributed by atoms with Gasteiger partial charge in [-0.3, -0.25) is 9.78 Å². The maximum absolute atomic E-state index is 14.7. The summed E-state index contributed by atoms with van der Waals surface area (Å²) in [6, 6.07) is 21.6. The number of nitrogens with one attached hydrogen (secondary N) is 2. The number of aromatic nitrogens is 1. The molecule has 3 aromatic carbocycles. The molecule has 4 aromatic rings. The van der Waals surface area contributed by atoms with Crippen molar-refractivity contribution in [1.82, 2.24) is 9.71 Å². The molecular weight excluding hydrogens is 423 g/mol. The van der Waals surface area contributed by atoms with Crippen molar-refractivity contribution >= 4 is 40.2 Å². The highest BCUT2D eigenvalue weighted by Crippen LogP contribution is 2.30. The number of halogens is 1. The molecule has 1 amide bonds. The van der Waals surface area contributed by atoms with Crippen LogP contribution in [0.4, 0.5) is 15.8 Å². The molecular formula is C25H21FN4OS. The Balaban J connectivity index is 1.38. The molecule has 0 bridgehead atoms. The Kier molecular flexibility index (Phi) is 5.75. The number of carbonyl (C=O) groups is 1. The van der Waals surface area contributed by atoms with Gasteiger partial charge in [0.25, 0.3) is 5.91 Å². The van der Waals surface area contributed by atoms with Crippen molar-refractivity contribution in [3.8, 4) is 11.3 Å². The van der Waals surface area contributed by atoms with E-state index in [2.05, 4.69) is 19.3 Å². The van der Waals surface area contributed by atoms with Crippen LogP contribution >= 0.6 is 12.1 Å². The second-order valence-corrected chi connectivity index (χ2v) is 8.43. The van der Waals surface area contributed by atoms with Gasteiger partial charge in [0.05, 0.1) is 5.69 Å². The lowest BCUT2D eigenvalue weighted by atomic mass is 10.0. The van der Waals surface area contributed by atoms with E-state index in [0.29, 0.717) is 22.5 Å². The van der Waals surface area contributed by atoms with E-state index < -0.39 is 0 Å². The third-order valence-electron chi connectivity index (χ3n) is 5.39. The molecule has 2 heterocycles. The van der Waals surface area contributed by atoms with Crippen LogP contribution in [0.15, 0.2) is 79.0 Å². The fraction of sp³-hybridized carbons (Fsp3) is 0.120. The fourth-order valence-corrected chi connectivity index (χ4v) is 4.59. The van der Waals surface area contributed by atoms with Gasteiger partial charge in [0.15, 0.2) is 0 Å². The predicted octanol–water partition coefficient (Wildman–Crippen LogP) is 5.66. The molecule has 5 nitrogen and oxygen atoms in total. The summed E-state index contributed by atoms with van der Waals surface area (Å²) in [5, 5.41) is 4.72. The van der Waals surface area contributed by atoms with Crippen molar-refractivity contribution in [3.05, 3.63) is 90.4 Å². The van der Waals surface area contributed by atoms with Crippen LogP contribution in [-0.4, -0.2) is 24.0 Å². The first-order valence-electron chi connectivity index (χ1n) is 10.4. The average molecular weight is 445 g/mol. The molecule has 7 heteroatoms. The maximum Gasteiger partial charge on any atom is 0.255 e. The van der Waals surface area contributed by atoms with Crippen molar-refractivity contribution in [1.29, 1.82) is 0 Å². The number of amides is 1. The molecule has 0 atom stereocenters. The maximum atomic E-state index is 14.7. The summed E-state index contributed by atoms with van der Waals surface area (Å²) in [5.41, 5.74) is 3.00. The molecule has 1 saturated heterocycles. The quantitative estimate of drug-likeness (QED) is 0.398. The first-order valence-corrected chi connectivity index (χ1v) is 11.2. The molecule has 0 saturated carbocycles. The Morgan fingerprint density at radius 1 is 1.06 bits per heavy atom. The Labute approximate surface area is 189 Å². The molecule has 0 radical (unpaired) electrons. The van der Waals surface area contributed by atoms with Crippen LogP contribution in [0.2, 0.25) is 0 Å². The minimum absolute atomic E-state index is 0.246. The van der Waals surface area contributed by atoms with E-state index in [9.17, 15) is 9.18 Å². The van der Waals surface area contributed by atoms with Gasteiger partial charge in [-0.15, -0.1) is 0 Å². The SMILES string of the molecule is O=C(Nc1ccc(F)c(-c2nccc3ccccc23)c1)c1ccc(N2CCCNS2)cc1. The molecule has 1 aliphatic rings. The van der Waals surface area contributed by atoms with E-state index in [0.717, 1.165) is 36.0 Å². The van der Waals surface area contributed by atoms with Crippen LogP contribution in [0.1, 0.15) is 16.8 Å². The number of fused-ring (bicyclic) bond motifs is 1. The monoisotopic (exact) mass is 444 g/mol. The minimum atomic E-state index is -0.385. The predicted molar refractivity (Wildman–Crippen MR) is 129 cm³/mol. The molecule has 1 aromatic heterocycles. The summed E-state index contributed by atoms with van der Waals surface area (Å²) in [7, 11) is 0. The summed E-state index contributed by atoms with van der Waals surface area (Å²) in [6.07, 6.45) is 2.74. The van der Waals surface area contributed by atoms with E-state index in [1.54, 1.807) is 42.6 Å². The van der Waals surface area contributed by atoms with Crippen molar-refractivity contribution in [2.24, 2.45) is 0 Å². The number of hydrogen-bond donors (Lipinski definition) is 2.